The number of carbonyl (C=O) groups is 2. The lowest BCUT2D eigenvalue weighted by atomic mass is 10.2. The number of hydrogen-bond donors (Lipinski definition) is 2. The third kappa shape index (κ3) is 5.08. The molecule has 0 bridgehead atoms. The first-order chi connectivity index (χ1) is 9.56. The topological polar surface area (TPSA) is 75.6 Å². The Bertz CT molecular complexity index is 481. The van der Waals surface area contributed by atoms with Gasteiger partial charge in [0.05, 0.1) is 17.9 Å². The van der Waals surface area contributed by atoms with Crippen LogP contribution in [0.4, 0.5) is 4.39 Å². The highest BCUT2D eigenvalue weighted by atomic mass is 32.2. The molecule has 1 aromatic carbocycles. The zero-order valence-corrected chi connectivity index (χ0v) is 11.8. The maximum absolute atomic E-state index is 13.6. The third-order valence-corrected chi connectivity index (χ3v) is 3.20. The van der Waals surface area contributed by atoms with Gasteiger partial charge < -0.3 is 15.2 Å². The van der Waals surface area contributed by atoms with Crippen LogP contribution in [-0.4, -0.2) is 41.6 Å². The zero-order chi connectivity index (χ0) is 15.0. The number of carboxylic acid groups (broad SMARTS) is 1. The number of amides is 1. The lowest BCUT2D eigenvalue weighted by molar-refractivity contribution is -0.133. The molecule has 0 aliphatic heterocycles. The summed E-state index contributed by atoms with van der Waals surface area (Å²) in [7, 11) is 0. The second-order valence-corrected chi connectivity index (χ2v) is 4.86. The molecular weight excluding hydrogens is 285 g/mol. The highest BCUT2D eigenvalue weighted by Crippen LogP contribution is 2.22. The van der Waals surface area contributed by atoms with Crippen LogP contribution in [0.5, 0.6) is 5.75 Å². The molecule has 7 heteroatoms. The maximum Gasteiger partial charge on any atom is 0.313 e. The zero-order valence-electron chi connectivity index (χ0n) is 11.0. The van der Waals surface area contributed by atoms with Gasteiger partial charge in [-0.05, 0) is 19.1 Å². The van der Waals surface area contributed by atoms with Crippen molar-refractivity contribution in [3.8, 4) is 5.75 Å². The quantitative estimate of drug-likeness (QED) is 0.716. The van der Waals surface area contributed by atoms with Gasteiger partial charge in [0.2, 0.25) is 0 Å². The van der Waals surface area contributed by atoms with Crippen LogP contribution in [0.25, 0.3) is 0 Å². The fourth-order valence-electron chi connectivity index (χ4n) is 1.47. The van der Waals surface area contributed by atoms with Crippen molar-refractivity contribution in [3.63, 3.8) is 0 Å². The van der Waals surface area contributed by atoms with Crippen LogP contribution in [0.1, 0.15) is 17.3 Å². The summed E-state index contributed by atoms with van der Waals surface area (Å²) in [5.41, 5.74) is 0.134. The number of carbonyl (C=O) groups excluding carboxylic acids is 1. The van der Waals surface area contributed by atoms with Gasteiger partial charge in [-0.3, -0.25) is 9.59 Å². The van der Waals surface area contributed by atoms with E-state index in [9.17, 15) is 14.0 Å². The van der Waals surface area contributed by atoms with Crippen LogP contribution >= 0.6 is 11.8 Å². The van der Waals surface area contributed by atoms with E-state index < -0.39 is 17.7 Å². The molecule has 0 spiro atoms. The predicted molar refractivity (Wildman–Crippen MR) is 74.9 cm³/mol. The second-order valence-electron chi connectivity index (χ2n) is 3.75. The van der Waals surface area contributed by atoms with Crippen LogP contribution in [0, 0.1) is 5.82 Å². The van der Waals surface area contributed by atoms with Gasteiger partial charge in [0.15, 0.2) is 11.6 Å². The molecular formula is C13H16FNO4S. The minimum absolute atomic E-state index is 0.0139. The van der Waals surface area contributed by atoms with Gasteiger partial charge in [0.25, 0.3) is 5.91 Å². The van der Waals surface area contributed by atoms with E-state index in [1.807, 2.05) is 0 Å². The molecule has 0 heterocycles. The lowest BCUT2D eigenvalue weighted by Crippen LogP contribution is -2.26. The first kappa shape index (κ1) is 16.3. The minimum atomic E-state index is -0.898. The van der Waals surface area contributed by atoms with Gasteiger partial charge in [-0.1, -0.05) is 6.07 Å². The molecule has 1 aromatic rings. The van der Waals surface area contributed by atoms with Crippen LogP contribution in [0.3, 0.4) is 0 Å². The molecule has 0 atom stereocenters. The van der Waals surface area contributed by atoms with Gasteiger partial charge in [-0.25, -0.2) is 4.39 Å². The van der Waals surface area contributed by atoms with Crippen molar-refractivity contribution in [2.24, 2.45) is 0 Å². The largest absolute Gasteiger partial charge is 0.490 e. The monoisotopic (exact) mass is 301 g/mol. The van der Waals surface area contributed by atoms with Crippen LogP contribution in [0.15, 0.2) is 18.2 Å². The number of nitrogens with one attached hydrogen (secondary N) is 1. The highest BCUT2D eigenvalue weighted by molar-refractivity contribution is 7.99. The molecule has 2 N–H and O–H groups in total. The molecule has 1 rings (SSSR count). The fourth-order valence-corrected chi connectivity index (χ4v) is 2.04. The molecule has 110 valence electrons. The second kappa shape index (κ2) is 8.42. The standard InChI is InChI=1S/C13H16FNO4S/c1-2-19-12-9(4-3-5-10(12)14)13(18)15-6-7-20-8-11(16)17/h3-5H,2,6-8H2,1H3,(H,15,18)(H,16,17). The summed E-state index contributed by atoms with van der Waals surface area (Å²) in [5, 5.41) is 11.1. The number of ether oxygens (including phenoxy) is 1. The fraction of sp³-hybridized carbons (Fsp3) is 0.385. The summed E-state index contributed by atoms with van der Waals surface area (Å²) in [6.07, 6.45) is 0. The summed E-state index contributed by atoms with van der Waals surface area (Å²) < 4.78 is 18.7. The molecule has 0 aliphatic carbocycles. The first-order valence-corrected chi connectivity index (χ1v) is 7.20. The number of halogens is 1. The van der Waals surface area contributed by atoms with Gasteiger partial charge in [-0.2, -0.15) is 0 Å². The van der Waals surface area contributed by atoms with Crippen molar-refractivity contribution in [2.45, 2.75) is 6.92 Å². The number of thioether (sulfide) groups is 1. The van der Waals surface area contributed by atoms with Crippen molar-refractivity contribution in [1.82, 2.24) is 5.32 Å². The molecule has 1 amide bonds. The average molecular weight is 301 g/mol. The summed E-state index contributed by atoms with van der Waals surface area (Å²) in [4.78, 5) is 22.2. The van der Waals surface area contributed by atoms with Gasteiger partial charge in [0.1, 0.15) is 0 Å². The molecule has 5 nitrogen and oxygen atoms in total. The van der Waals surface area contributed by atoms with E-state index >= 15 is 0 Å². The molecule has 0 aliphatic rings. The van der Waals surface area contributed by atoms with Crippen LogP contribution in [0.2, 0.25) is 0 Å². The van der Waals surface area contributed by atoms with E-state index in [1.54, 1.807) is 6.92 Å². The van der Waals surface area contributed by atoms with Gasteiger partial charge in [-0.15, -0.1) is 11.8 Å². The van der Waals surface area contributed by atoms with E-state index in [-0.39, 0.29) is 23.7 Å². The molecule has 0 saturated carbocycles. The Kier molecular flexibility index (Phi) is 6.86. The Labute approximate surface area is 120 Å². The summed E-state index contributed by atoms with van der Waals surface area (Å²) in [6, 6.07) is 4.14. The van der Waals surface area contributed by atoms with E-state index in [4.69, 9.17) is 9.84 Å². The highest BCUT2D eigenvalue weighted by Gasteiger charge is 2.15. The third-order valence-electron chi connectivity index (χ3n) is 2.26. The number of benzene rings is 1. The normalized spacial score (nSPS) is 10.1. The summed E-state index contributed by atoms with van der Waals surface area (Å²) in [6.45, 7) is 2.27. The minimum Gasteiger partial charge on any atom is -0.490 e. The van der Waals surface area contributed by atoms with Gasteiger partial charge in [0, 0.05) is 12.3 Å². The molecule has 0 saturated heterocycles. The van der Waals surface area contributed by atoms with Crippen molar-refractivity contribution in [2.75, 3.05) is 24.7 Å². The van der Waals surface area contributed by atoms with E-state index in [2.05, 4.69) is 5.32 Å². The van der Waals surface area contributed by atoms with Crippen molar-refractivity contribution < 1.29 is 23.8 Å². The first-order valence-electron chi connectivity index (χ1n) is 6.05. The summed E-state index contributed by atoms with van der Waals surface area (Å²) >= 11 is 1.20. The number of hydrogen-bond acceptors (Lipinski definition) is 4. The lowest BCUT2D eigenvalue weighted by Gasteiger charge is -2.11. The molecule has 0 unspecified atom stereocenters. The van der Waals surface area contributed by atoms with Crippen LogP contribution in [-0.2, 0) is 4.79 Å². The maximum atomic E-state index is 13.6. The SMILES string of the molecule is CCOc1c(F)cccc1C(=O)NCCSCC(=O)O. The summed E-state index contributed by atoms with van der Waals surface area (Å²) in [5.74, 6) is -1.53. The Morgan fingerprint density at radius 2 is 2.20 bits per heavy atom. The average Bonchev–Trinajstić information content (AvgIpc) is 2.40. The molecule has 0 fully saturated rings. The Morgan fingerprint density at radius 1 is 1.45 bits per heavy atom. The predicted octanol–water partition coefficient (Wildman–Crippen LogP) is 1.77. The smallest absolute Gasteiger partial charge is 0.313 e. The van der Waals surface area contributed by atoms with Crippen LogP contribution < -0.4 is 10.1 Å². The van der Waals surface area contributed by atoms with Gasteiger partial charge >= 0.3 is 5.97 Å². The van der Waals surface area contributed by atoms with Crippen molar-refractivity contribution >= 4 is 23.6 Å². The Balaban J connectivity index is 2.55. The number of aliphatic carboxylic acids is 1. The number of para-hydroxylation sites is 1. The van der Waals surface area contributed by atoms with Crippen molar-refractivity contribution in [3.05, 3.63) is 29.6 Å². The number of rotatable bonds is 8. The molecule has 20 heavy (non-hydrogen) atoms. The van der Waals surface area contributed by atoms with E-state index in [1.165, 1.54) is 30.0 Å². The van der Waals surface area contributed by atoms with E-state index in [0.29, 0.717) is 12.3 Å². The molecule has 0 radical (unpaired) electrons. The van der Waals surface area contributed by atoms with Crippen molar-refractivity contribution in [1.29, 1.82) is 0 Å². The number of carboxylic acids is 1. The Hall–Kier alpha value is -1.76. The Morgan fingerprint density at radius 3 is 2.85 bits per heavy atom. The van der Waals surface area contributed by atoms with E-state index in [0.717, 1.165) is 0 Å². The molecule has 0 aromatic heterocycles.